The largest absolute Gasteiger partial charge is 0.488 e. The molecule has 0 saturated carbocycles. The first-order chi connectivity index (χ1) is 13.2. The van der Waals surface area contributed by atoms with E-state index in [1.165, 1.54) is 6.21 Å². The summed E-state index contributed by atoms with van der Waals surface area (Å²) in [4.78, 5) is 12.0. The summed E-state index contributed by atoms with van der Waals surface area (Å²) in [6.07, 6.45) is 0.226. The fraction of sp³-hybridized carbons (Fsp3) is 0.0909. The highest BCUT2D eigenvalue weighted by atomic mass is 16.5. The van der Waals surface area contributed by atoms with Gasteiger partial charge >= 0.3 is 0 Å². The number of aliphatic hydroxyl groups excluding tert-OH is 1. The van der Waals surface area contributed by atoms with Gasteiger partial charge < -0.3 is 9.84 Å². The Morgan fingerprint density at radius 2 is 1.59 bits per heavy atom. The number of hydrogen-bond acceptors (Lipinski definition) is 4. The summed E-state index contributed by atoms with van der Waals surface area (Å²) in [5.74, 6) is 0.0584. The number of nitrogens with one attached hydrogen (secondary N) is 1. The Morgan fingerprint density at radius 1 is 0.963 bits per heavy atom. The molecule has 1 atom stereocenters. The van der Waals surface area contributed by atoms with Gasteiger partial charge in [0, 0.05) is 5.56 Å². The average Bonchev–Trinajstić information content (AvgIpc) is 2.74. The summed E-state index contributed by atoms with van der Waals surface area (Å²) < 4.78 is 5.84. The van der Waals surface area contributed by atoms with Crippen LogP contribution in [-0.4, -0.2) is 17.2 Å². The van der Waals surface area contributed by atoms with Crippen molar-refractivity contribution in [3.63, 3.8) is 0 Å². The molecule has 0 heterocycles. The minimum atomic E-state index is -1.27. The van der Waals surface area contributed by atoms with Crippen LogP contribution in [-0.2, 0) is 11.4 Å². The summed E-state index contributed by atoms with van der Waals surface area (Å²) in [5.41, 5.74) is 4.65. The first-order valence-electron chi connectivity index (χ1n) is 8.56. The number of rotatable bonds is 7. The Bertz CT molecular complexity index is 896. The zero-order valence-electron chi connectivity index (χ0n) is 14.7. The molecule has 3 aromatic rings. The second-order valence-electron chi connectivity index (χ2n) is 5.86. The molecular weight excluding hydrogens is 340 g/mol. The molecule has 0 saturated heterocycles. The van der Waals surface area contributed by atoms with Crippen molar-refractivity contribution in [3.8, 4) is 5.75 Å². The standard InChI is InChI=1S/C22H20N2O3/c25-21(18-11-5-2-6-12-18)22(26)24-23-15-19-13-7-8-14-20(19)27-16-17-9-3-1-4-10-17/h1-15,21,25H,16H2,(H,24,26)/b23-15+. The van der Waals surface area contributed by atoms with Gasteiger partial charge in [0.05, 0.1) is 6.21 Å². The van der Waals surface area contributed by atoms with Crippen molar-refractivity contribution in [3.05, 3.63) is 102 Å². The summed E-state index contributed by atoms with van der Waals surface area (Å²) in [6.45, 7) is 0.435. The number of amides is 1. The van der Waals surface area contributed by atoms with Crippen LogP contribution < -0.4 is 10.2 Å². The molecule has 5 heteroatoms. The summed E-state index contributed by atoms with van der Waals surface area (Å²) in [7, 11) is 0. The van der Waals surface area contributed by atoms with Gasteiger partial charge in [0.15, 0.2) is 6.10 Å². The fourth-order valence-corrected chi connectivity index (χ4v) is 2.47. The van der Waals surface area contributed by atoms with Crippen molar-refractivity contribution in [1.29, 1.82) is 0 Å². The van der Waals surface area contributed by atoms with Crippen LogP contribution in [0.4, 0.5) is 0 Å². The Morgan fingerprint density at radius 3 is 2.33 bits per heavy atom. The molecule has 0 aliphatic rings. The predicted molar refractivity (Wildman–Crippen MR) is 104 cm³/mol. The number of para-hydroxylation sites is 1. The maximum absolute atomic E-state index is 12.0. The van der Waals surface area contributed by atoms with Crippen molar-refractivity contribution in [2.24, 2.45) is 5.10 Å². The predicted octanol–water partition coefficient (Wildman–Crippen LogP) is 3.45. The van der Waals surface area contributed by atoms with Gasteiger partial charge in [-0.05, 0) is 23.3 Å². The number of hydrazone groups is 1. The van der Waals surface area contributed by atoms with E-state index in [4.69, 9.17) is 4.74 Å². The lowest BCUT2D eigenvalue weighted by atomic mass is 10.1. The SMILES string of the molecule is O=C(N/N=C/c1ccccc1OCc1ccccc1)C(O)c1ccccc1. The molecule has 0 fully saturated rings. The van der Waals surface area contributed by atoms with Crippen LogP contribution in [0, 0.1) is 0 Å². The third-order valence-electron chi connectivity index (χ3n) is 3.90. The van der Waals surface area contributed by atoms with Crippen molar-refractivity contribution in [2.75, 3.05) is 0 Å². The Hall–Kier alpha value is -3.44. The van der Waals surface area contributed by atoms with Gasteiger partial charge in [-0.1, -0.05) is 72.8 Å². The molecule has 0 aliphatic heterocycles. The molecule has 0 bridgehead atoms. The minimum absolute atomic E-state index is 0.435. The first-order valence-corrected chi connectivity index (χ1v) is 8.56. The molecule has 5 nitrogen and oxygen atoms in total. The highest BCUT2D eigenvalue weighted by Gasteiger charge is 2.16. The molecule has 0 aromatic heterocycles. The lowest BCUT2D eigenvalue weighted by Gasteiger charge is -2.10. The van der Waals surface area contributed by atoms with E-state index in [1.807, 2.05) is 60.7 Å². The van der Waals surface area contributed by atoms with Crippen LogP contribution in [0.25, 0.3) is 0 Å². The lowest BCUT2D eigenvalue weighted by Crippen LogP contribution is -2.25. The average molecular weight is 360 g/mol. The number of carbonyl (C=O) groups is 1. The van der Waals surface area contributed by atoms with Crippen molar-refractivity contribution < 1.29 is 14.6 Å². The van der Waals surface area contributed by atoms with E-state index in [1.54, 1.807) is 24.3 Å². The van der Waals surface area contributed by atoms with Gasteiger partial charge in [0.2, 0.25) is 0 Å². The molecule has 0 spiro atoms. The third-order valence-corrected chi connectivity index (χ3v) is 3.90. The van der Waals surface area contributed by atoms with E-state index in [-0.39, 0.29) is 0 Å². The summed E-state index contributed by atoms with van der Waals surface area (Å²) in [6, 6.07) is 26.0. The maximum Gasteiger partial charge on any atom is 0.273 e. The number of hydrogen-bond donors (Lipinski definition) is 2. The van der Waals surface area contributed by atoms with Crippen molar-refractivity contribution in [1.82, 2.24) is 5.43 Å². The maximum atomic E-state index is 12.0. The number of carbonyl (C=O) groups excluding carboxylic acids is 1. The highest BCUT2D eigenvalue weighted by Crippen LogP contribution is 2.18. The van der Waals surface area contributed by atoms with Gasteiger partial charge in [0.25, 0.3) is 5.91 Å². The van der Waals surface area contributed by atoms with E-state index in [0.717, 1.165) is 11.1 Å². The molecule has 2 N–H and O–H groups in total. The second kappa shape index (κ2) is 9.31. The zero-order chi connectivity index (χ0) is 18.9. The topological polar surface area (TPSA) is 70.9 Å². The van der Waals surface area contributed by atoms with Gasteiger partial charge in [0.1, 0.15) is 12.4 Å². The second-order valence-corrected chi connectivity index (χ2v) is 5.86. The van der Waals surface area contributed by atoms with Crippen LogP contribution in [0.1, 0.15) is 22.8 Å². The molecular formula is C22H20N2O3. The number of nitrogens with zero attached hydrogens (tertiary/aromatic N) is 1. The summed E-state index contributed by atoms with van der Waals surface area (Å²) >= 11 is 0. The molecule has 136 valence electrons. The molecule has 3 aromatic carbocycles. The molecule has 1 unspecified atom stereocenters. The third kappa shape index (κ3) is 5.26. The number of benzene rings is 3. The Kier molecular flexibility index (Phi) is 6.33. The number of aliphatic hydroxyl groups is 1. The molecule has 1 amide bonds. The smallest absolute Gasteiger partial charge is 0.273 e. The van der Waals surface area contributed by atoms with Crippen LogP contribution >= 0.6 is 0 Å². The van der Waals surface area contributed by atoms with Crippen LogP contribution in [0.2, 0.25) is 0 Å². The monoisotopic (exact) mass is 360 g/mol. The zero-order valence-corrected chi connectivity index (χ0v) is 14.7. The minimum Gasteiger partial charge on any atom is -0.488 e. The van der Waals surface area contributed by atoms with E-state index in [9.17, 15) is 9.90 Å². The van der Waals surface area contributed by atoms with Crippen LogP contribution in [0.5, 0.6) is 5.75 Å². The van der Waals surface area contributed by atoms with E-state index >= 15 is 0 Å². The van der Waals surface area contributed by atoms with Crippen molar-refractivity contribution in [2.45, 2.75) is 12.7 Å². The molecule has 0 aliphatic carbocycles. The van der Waals surface area contributed by atoms with E-state index in [2.05, 4.69) is 10.5 Å². The van der Waals surface area contributed by atoms with Gasteiger partial charge in [-0.15, -0.1) is 0 Å². The molecule has 27 heavy (non-hydrogen) atoms. The van der Waals surface area contributed by atoms with Gasteiger partial charge in [-0.25, -0.2) is 5.43 Å². The quantitative estimate of drug-likeness (QED) is 0.501. The van der Waals surface area contributed by atoms with Gasteiger partial charge in [-0.2, -0.15) is 5.10 Å². The fourth-order valence-electron chi connectivity index (χ4n) is 2.47. The number of ether oxygens (including phenoxy) is 1. The van der Waals surface area contributed by atoms with Gasteiger partial charge in [-0.3, -0.25) is 4.79 Å². The molecule has 0 radical (unpaired) electrons. The molecule has 3 rings (SSSR count). The lowest BCUT2D eigenvalue weighted by molar-refractivity contribution is -0.129. The van der Waals surface area contributed by atoms with E-state index in [0.29, 0.717) is 17.9 Å². The first kappa shape index (κ1) is 18.4. The van der Waals surface area contributed by atoms with Crippen LogP contribution in [0.3, 0.4) is 0 Å². The summed E-state index contributed by atoms with van der Waals surface area (Å²) in [5, 5.41) is 14.0. The Balaban J connectivity index is 1.61. The van der Waals surface area contributed by atoms with Crippen molar-refractivity contribution >= 4 is 12.1 Å². The Labute approximate surface area is 157 Å². The normalized spacial score (nSPS) is 11.9. The van der Waals surface area contributed by atoms with Crippen LogP contribution in [0.15, 0.2) is 90.0 Å². The van der Waals surface area contributed by atoms with E-state index < -0.39 is 12.0 Å². The highest BCUT2D eigenvalue weighted by molar-refractivity contribution is 5.86.